The van der Waals surface area contributed by atoms with Gasteiger partial charge in [0.15, 0.2) is 0 Å². The van der Waals surface area contributed by atoms with E-state index in [1.54, 1.807) is 7.11 Å². The molecule has 1 aliphatic rings. The van der Waals surface area contributed by atoms with E-state index in [1.165, 1.54) is 7.11 Å². The first-order valence-corrected chi connectivity index (χ1v) is 10.9. The van der Waals surface area contributed by atoms with Gasteiger partial charge in [-0.1, -0.05) is 24.3 Å². The van der Waals surface area contributed by atoms with Crippen molar-refractivity contribution in [1.82, 2.24) is 9.88 Å². The van der Waals surface area contributed by atoms with Crippen LogP contribution in [0.5, 0.6) is 0 Å². The lowest BCUT2D eigenvalue weighted by Crippen LogP contribution is -2.29. The number of hydrogen-bond acceptors (Lipinski definition) is 5. The van der Waals surface area contributed by atoms with Crippen LogP contribution in [0.3, 0.4) is 0 Å². The van der Waals surface area contributed by atoms with Crippen LogP contribution in [0.25, 0.3) is 10.9 Å². The molecule has 0 radical (unpaired) electrons. The largest absolute Gasteiger partial charge is 0.469 e. The minimum Gasteiger partial charge on any atom is -0.469 e. The van der Waals surface area contributed by atoms with Crippen molar-refractivity contribution in [3.8, 4) is 0 Å². The summed E-state index contributed by atoms with van der Waals surface area (Å²) in [6, 6.07) is 16.3. The van der Waals surface area contributed by atoms with Crippen LogP contribution in [-0.4, -0.2) is 55.7 Å². The Kier molecular flexibility index (Phi) is 6.87. The second kappa shape index (κ2) is 9.97. The van der Waals surface area contributed by atoms with Crippen LogP contribution in [0.4, 0.5) is 5.69 Å². The Hall–Kier alpha value is -3.16. The fraction of sp³-hybridized carbons (Fsp3) is 0.360. The molecule has 32 heavy (non-hydrogen) atoms. The molecule has 0 bridgehead atoms. The molecule has 7 heteroatoms. The zero-order valence-electron chi connectivity index (χ0n) is 18.5. The van der Waals surface area contributed by atoms with Crippen LogP contribution >= 0.6 is 0 Å². The molecule has 1 aromatic heterocycles. The van der Waals surface area contributed by atoms with Crippen molar-refractivity contribution in [2.75, 3.05) is 39.2 Å². The topological polar surface area (TPSA) is 83.7 Å². The molecule has 0 spiro atoms. The molecule has 2 aromatic carbocycles. The Bertz CT molecular complexity index is 1110. The molecule has 2 heterocycles. The van der Waals surface area contributed by atoms with Crippen molar-refractivity contribution < 1.29 is 19.1 Å². The summed E-state index contributed by atoms with van der Waals surface area (Å²) in [5, 5.41) is 4.10. The van der Waals surface area contributed by atoms with Crippen molar-refractivity contribution in [2.24, 2.45) is 0 Å². The van der Waals surface area contributed by atoms with Crippen LogP contribution in [0.2, 0.25) is 0 Å². The van der Waals surface area contributed by atoms with Gasteiger partial charge < -0.3 is 19.8 Å². The molecule has 4 rings (SSSR count). The van der Waals surface area contributed by atoms with Crippen LogP contribution < -0.4 is 5.32 Å². The van der Waals surface area contributed by atoms with Gasteiger partial charge >= 0.3 is 5.97 Å². The van der Waals surface area contributed by atoms with Gasteiger partial charge in [-0.25, -0.2) is 0 Å². The van der Waals surface area contributed by atoms with Crippen LogP contribution in [0.1, 0.15) is 29.2 Å². The fourth-order valence-electron chi connectivity index (χ4n) is 4.19. The number of carbonyl (C=O) groups excluding carboxylic acids is 2. The average molecular weight is 436 g/mol. The molecule has 0 aliphatic carbocycles. The number of H-pyrrole nitrogens is 1. The number of carbonyl (C=O) groups is 2. The van der Waals surface area contributed by atoms with E-state index in [1.807, 2.05) is 18.2 Å². The molecule has 0 saturated heterocycles. The first kappa shape index (κ1) is 22.0. The Balaban J connectivity index is 1.51. The second-order valence-corrected chi connectivity index (χ2v) is 8.14. The third-order valence-electron chi connectivity index (χ3n) is 5.97. The summed E-state index contributed by atoms with van der Waals surface area (Å²) < 4.78 is 9.99. The highest BCUT2D eigenvalue weighted by Crippen LogP contribution is 2.32. The third-order valence-corrected chi connectivity index (χ3v) is 5.97. The standard InChI is InChI=1S/C25H29N3O4/c1-31-12-11-28(10-9-24(29)32-2)16-17-7-8-22-19(13-17)15-23(26-22)20-14-18-5-3-4-6-21(18)27-25(20)30/h3-8,13,15,20,26H,9-12,14,16H2,1-2H3,(H,27,30). The summed E-state index contributed by atoms with van der Waals surface area (Å²) in [5.74, 6) is -0.437. The average Bonchev–Trinajstić information content (AvgIpc) is 3.23. The summed E-state index contributed by atoms with van der Waals surface area (Å²) in [5.41, 5.74) is 5.12. The Morgan fingerprint density at radius 2 is 1.97 bits per heavy atom. The summed E-state index contributed by atoms with van der Waals surface area (Å²) in [4.78, 5) is 29.9. The number of aromatic amines is 1. The number of para-hydroxylation sites is 1. The van der Waals surface area contributed by atoms with Gasteiger partial charge in [-0.2, -0.15) is 0 Å². The van der Waals surface area contributed by atoms with Crippen molar-refractivity contribution in [3.63, 3.8) is 0 Å². The summed E-state index contributed by atoms with van der Waals surface area (Å²) >= 11 is 0. The number of benzene rings is 2. The van der Waals surface area contributed by atoms with Gasteiger partial charge in [0.25, 0.3) is 0 Å². The van der Waals surface area contributed by atoms with Crippen molar-refractivity contribution in [3.05, 3.63) is 65.4 Å². The summed E-state index contributed by atoms with van der Waals surface area (Å²) in [6.45, 7) is 2.63. The van der Waals surface area contributed by atoms with Gasteiger partial charge in [0, 0.05) is 43.6 Å². The first-order valence-electron chi connectivity index (χ1n) is 10.9. The number of ether oxygens (including phenoxy) is 2. The van der Waals surface area contributed by atoms with Gasteiger partial charge in [0.1, 0.15) is 0 Å². The predicted octanol–water partition coefficient (Wildman–Crippen LogP) is 3.46. The monoisotopic (exact) mass is 435 g/mol. The molecular weight excluding hydrogens is 406 g/mol. The van der Waals surface area contributed by atoms with Crippen molar-refractivity contribution in [2.45, 2.75) is 25.3 Å². The lowest BCUT2D eigenvalue weighted by atomic mass is 9.91. The van der Waals surface area contributed by atoms with E-state index in [9.17, 15) is 9.59 Å². The molecule has 1 atom stereocenters. The maximum atomic E-state index is 12.7. The van der Waals surface area contributed by atoms with Gasteiger partial charge in [-0.3, -0.25) is 14.5 Å². The maximum Gasteiger partial charge on any atom is 0.306 e. The molecule has 168 valence electrons. The molecule has 7 nitrogen and oxygen atoms in total. The minimum atomic E-state index is -0.237. The number of anilines is 1. The normalized spacial score (nSPS) is 15.6. The molecule has 3 aromatic rings. The molecule has 1 unspecified atom stereocenters. The number of esters is 1. The molecular formula is C25H29N3O4. The van der Waals surface area contributed by atoms with Gasteiger partial charge in [0.05, 0.1) is 26.1 Å². The first-order chi connectivity index (χ1) is 15.6. The molecule has 0 fully saturated rings. The van der Waals surface area contributed by atoms with Crippen LogP contribution in [-0.2, 0) is 32.0 Å². The highest BCUT2D eigenvalue weighted by atomic mass is 16.5. The number of fused-ring (bicyclic) bond motifs is 2. The zero-order valence-corrected chi connectivity index (χ0v) is 18.5. The van der Waals surface area contributed by atoms with E-state index in [0.29, 0.717) is 32.5 Å². The molecule has 1 amide bonds. The van der Waals surface area contributed by atoms with E-state index in [4.69, 9.17) is 9.47 Å². The molecule has 2 N–H and O–H groups in total. The quantitative estimate of drug-likeness (QED) is 0.503. The maximum absolute atomic E-state index is 12.7. The summed E-state index contributed by atoms with van der Waals surface area (Å²) in [7, 11) is 3.08. The number of nitrogens with one attached hydrogen (secondary N) is 2. The number of nitrogens with zero attached hydrogens (tertiary/aromatic N) is 1. The van der Waals surface area contributed by atoms with E-state index >= 15 is 0 Å². The second-order valence-electron chi connectivity index (χ2n) is 8.14. The lowest BCUT2D eigenvalue weighted by molar-refractivity contribution is -0.141. The SMILES string of the molecule is COCCN(CCC(=O)OC)Cc1ccc2[nH]c(C3Cc4ccccc4NC3=O)cc2c1. The van der Waals surface area contributed by atoms with Gasteiger partial charge in [-0.15, -0.1) is 0 Å². The van der Waals surface area contributed by atoms with Gasteiger partial charge in [-0.05, 0) is 47.2 Å². The number of rotatable bonds is 9. The van der Waals surface area contributed by atoms with E-state index in [2.05, 4.69) is 45.5 Å². The smallest absolute Gasteiger partial charge is 0.306 e. The fourth-order valence-corrected chi connectivity index (χ4v) is 4.19. The molecule has 0 saturated carbocycles. The highest BCUT2D eigenvalue weighted by Gasteiger charge is 2.28. The summed E-state index contributed by atoms with van der Waals surface area (Å²) in [6.07, 6.45) is 1.02. The lowest BCUT2D eigenvalue weighted by Gasteiger charge is -2.23. The van der Waals surface area contributed by atoms with E-state index < -0.39 is 0 Å². The Labute approximate surface area is 187 Å². The number of hydrogen-bond donors (Lipinski definition) is 2. The predicted molar refractivity (Wildman–Crippen MR) is 124 cm³/mol. The Morgan fingerprint density at radius 1 is 1.12 bits per heavy atom. The van der Waals surface area contributed by atoms with Gasteiger partial charge in [0.2, 0.25) is 5.91 Å². The number of aromatic nitrogens is 1. The van der Waals surface area contributed by atoms with Crippen molar-refractivity contribution >= 4 is 28.5 Å². The number of methoxy groups -OCH3 is 2. The van der Waals surface area contributed by atoms with E-state index in [0.717, 1.165) is 40.0 Å². The number of amides is 1. The van der Waals surface area contributed by atoms with E-state index in [-0.39, 0.29) is 17.8 Å². The van der Waals surface area contributed by atoms with Crippen molar-refractivity contribution in [1.29, 1.82) is 0 Å². The third kappa shape index (κ3) is 5.00. The minimum absolute atomic E-state index is 0.0176. The van der Waals surface area contributed by atoms with Crippen LogP contribution in [0, 0.1) is 0 Å². The highest BCUT2D eigenvalue weighted by molar-refractivity contribution is 5.99. The zero-order chi connectivity index (χ0) is 22.5. The molecule has 1 aliphatic heterocycles. The van der Waals surface area contributed by atoms with Crippen LogP contribution in [0.15, 0.2) is 48.5 Å². The Morgan fingerprint density at radius 3 is 2.78 bits per heavy atom.